The highest BCUT2D eigenvalue weighted by Crippen LogP contribution is 2.53. The molecule has 176 valence electrons. The zero-order valence-corrected chi connectivity index (χ0v) is 20.0. The fourth-order valence-corrected chi connectivity index (χ4v) is 6.10. The highest BCUT2D eigenvalue weighted by atomic mass is 16.4. The van der Waals surface area contributed by atoms with Crippen LogP contribution in [0.25, 0.3) is 11.0 Å². The third-order valence-electron chi connectivity index (χ3n) is 7.70. The largest absolute Gasteiger partial charge is 0.440 e. The van der Waals surface area contributed by atoms with Gasteiger partial charge in [0.05, 0.1) is 17.0 Å². The number of benzene rings is 4. The smallest absolute Gasteiger partial charge is 0.209 e. The average molecular weight is 471 g/mol. The molecule has 0 fully saturated rings. The Morgan fingerprint density at radius 3 is 2.39 bits per heavy atom. The number of fused-ring (bicyclic) bond motifs is 5. The van der Waals surface area contributed by atoms with Crippen molar-refractivity contribution < 1.29 is 4.42 Å². The number of nitrogens with one attached hydrogen (secondary N) is 1. The van der Waals surface area contributed by atoms with Gasteiger partial charge in [-0.15, -0.1) is 0 Å². The van der Waals surface area contributed by atoms with Gasteiger partial charge in [-0.2, -0.15) is 0 Å². The Hall–Kier alpha value is -4.31. The average Bonchev–Trinajstić information content (AvgIpc) is 2.92. The molecule has 36 heavy (non-hydrogen) atoms. The number of para-hydroxylation sites is 2. The van der Waals surface area contributed by atoms with Gasteiger partial charge in [-0.3, -0.25) is 4.79 Å². The van der Waals surface area contributed by atoms with Gasteiger partial charge in [0.2, 0.25) is 5.88 Å². The van der Waals surface area contributed by atoms with Crippen LogP contribution in [-0.4, -0.2) is 6.54 Å². The summed E-state index contributed by atoms with van der Waals surface area (Å²) in [5, 5.41) is 4.40. The van der Waals surface area contributed by atoms with E-state index in [9.17, 15) is 4.79 Å². The Morgan fingerprint density at radius 2 is 1.58 bits per heavy atom. The topological polar surface area (TPSA) is 45.5 Å². The van der Waals surface area contributed by atoms with Crippen molar-refractivity contribution in [1.29, 1.82) is 0 Å². The van der Waals surface area contributed by atoms with E-state index < -0.39 is 0 Å². The number of rotatable bonds is 2. The van der Waals surface area contributed by atoms with Crippen LogP contribution in [0.4, 0.5) is 17.3 Å². The maximum Gasteiger partial charge on any atom is 0.209 e. The molecule has 0 spiro atoms. The number of nitrogens with zero attached hydrogens (tertiary/aromatic N) is 1. The summed E-state index contributed by atoms with van der Waals surface area (Å²) >= 11 is 0. The molecule has 0 aliphatic carbocycles. The predicted molar refractivity (Wildman–Crippen MR) is 145 cm³/mol. The summed E-state index contributed by atoms with van der Waals surface area (Å²) < 4.78 is 6.52. The van der Waals surface area contributed by atoms with Crippen LogP contribution in [0, 0.1) is 12.8 Å². The van der Waals surface area contributed by atoms with E-state index in [1.165, 1.54) is 16.7 Å². The third-order valence-corrected chi connectivity index (χ3v) is 7.70. The van der Waals surface area contributed by atoms with Gasteiger partial charge in [0.25, 0.3) is 0 Å². The summed E-state index contributed by atoms with van der Waals surface area (Å²) in [6.45, 7) is 2.87. The van der Waals surface area contributed by atoms with Crippen molar-refractivity contribution in [1.82, 2.24) is 0 Å². The lowest BCUT2D eigenvalue weighted by atomic mass is 9.70. The molecule has 0 saturated carbocycles. The maximum atomic E-state index is 14.1. The molecule has 4 nitrogen and oxygen atoms in total. The first-order chi connectivity index (χ1) is 17.7. The lowest BCUT2D eigenvalue weighted by Crippen LogP contribution is -2.45. The molecule has 7 rings (SSSR count). The van der Waals surface area contributed by atoms with Crippen LogP contribution in [0.3, 0.4) is 0 Å². The summed E-state index contributed by atoms with van der Waals surface area (Å²) in [6.07, 6.45) is 0. The van der Waals surface area contributed by atoms with Crippen LogP contribution >= 0.6 is 0 Å². The molecule has 2 aliphatic rings. The van der Waals surface area contributed by atoms with Crippen molar-refractivity contribution in [2.45, 2.75) is 18.9 Å². The highest BCUT2D eigenvalue weighted by molar-refractivity contribution is 5.81. The van der Waals surface area contributed by atoms with Crippen LogP contribution < -0.4 is 15.6 Å². The molecule has 1 N–H and O–H groups in total. The van der Waals surface area contributed by atoms with Gasteiger partial charge in [0.15, 0.2) is 5.43 Å². The first-order valence-electron chi connectivity index (χ1n) is 12.5. The number of aryl methyl sites for hydroxylation is 1. The summed E-state index contributed by atoms with van der Waals surface area (Å²) in [7, 11) is 0. The van der Waals surface area contributed by atoms with E-state index in [0.29, 0.717) is 22.4 Å². The van der Waals surface area contributed by atoms with Gasteiger partial charge >= 0.3 is 0 Å². The van der Waals surface area contributed by atoms with Gasteiger partial charge in [-0.25, -0.2) is 0 Å². The van der Waals surface area contributed by atoms with Crippen molar-refractivity contribution in [3.05, 3.63) is 136 Å². The minimum absolute atomic E-state index is 0.0392. The van der Waals surface area contributed by atoms with E-state index in [0.717, 1.165) is 17.9 Å². The van der Waals surface area contributed by atoms with Crippen molar-refractivity contribution in [2.24, 2.45) is 5.92 Å². The molecule has 3 atom stereocenters. The number of hydrogen-bond acceptors (Lipinski definition) is 4. The van der Waals surface area contributed by atoms with E-state index in [4.69, 9.17) is 4.42 Å². The Labute approximate surface area is 209 Å². The van der Waals surface area contributed by atoms with Crippen LogP contribution in [-0.2, 0) is 0 Å². The zero-order chi connectivity index (χ0) is 24.2. The van der Waals surface area contributed by atoms with E-state index in [2.05, 4.69) is 77.8 Å². The predicted octanol–water partition coefficient (Wildman–Crippen LogP) is 7.17. The molecule has 5 aromatic rings. The van der Waals surface area contributed by atoms with Gasteiger partial charge in [0.1, 0.15) is 5.58 Å². The Kier molecular flexibility index (Phi) is 4.74. The molecule has 1 aromatic heterocycles. The Balaban J connectivity index is 1.52. The van der Waals surface area contributed by atoms with Crippen LogP contribution in [0.5, 0.6) is 0 Å². The molecule has 0 amide bonds. The lowest BCUT2D eigenvalue weighted by molar-refractivity contribution is 0.367. The van der Waals surface area contributed by atoms with Crippen molar-refractivity contribution in [2.75, 3.05) is 16.8 Å². The van der Waals surface area contributed by atoms with Crippen LogP contribution in [0.2, 0.25) is 0 Å². The fourth-order valence-electron chi connectivity index (χ4n) is 6.10. The second-order valence-corrected chi connectivity index (χ2v) is 9.86. The summed E-state index contributed by atoms with van der Waals surface area (Å²) in [5.74, 6) is 0.900. The molecule has 4 heteroatoms. The standard InChI is InChI=1S/C32H26N2O2/c1-20-16-17-26-24(18-20)28(21-10-4-2-5-11-21)25-19-34(22-12-6-3-7-13-22)32-29(30(25)33-26)31(35)23-14-8-9-15-27(23)36-32/h2-18,25,28,30,33H,19H2,1H3/t25-,28+,30-/m0/s1. The van der Waals surface area contributed by atoms with E-state index in [1.54, 1.807) is 0 Å². The highest BCUT2D eigenvalue weighted by Gasteiger charge is 2.46. The summed E-state index contributed by atoms with van der Waals surface area (Å²) in [4.78, 5) is 16.3. The van der Waals surface area contributed by atoms with Gasteiger partial charge < -0.3 is 14.6 Å². The fraction of sp³-hybridized carbons (Fsp3) is 0.156. The van der Waals surface area contributed by atoms with Crippen molar-refractivity contribution >= 4 is 28.2 Å². The molecule has 0 radical (unpaired) electrons. The SMILES string of the molecule is Cc1ccc2c(c1)[C@@H](c1ccccc1)[C@@H]1CN(c3ccccc3)c3oc4ccccc4c(=O)c3[C@H]1N2. The first-order valence-corrected chi connectivity index (χ1v) is 12.5. The van der Waals surface area contributed by atoms with Crippen molar-refractivity contribution in [3.63, 3.8) is 0 Å². The molecular formula is C32H26N2O2. The Morgan fingerprint density at radius 1 is 0.861 bits per heavy atom. The minimum Gasteiger partial charge on any atom is -0.440 e. The van der Waals surface area contributed by atoms with E-state index in [-0.39, 0.29) is 23.3 Å². The molecule has 0 unspecified atom stereocenters. The molecule has 0 bridgehead atoms. The number of anilines is 3. The molecule has 4 aromatic carbocycles. The lowest BCUT2D eigenvalue weighted by Gasteiger charge is -2.47. The minimum atomic E-state index is -0.166. The maximum absolute atomic E-state index is 14.1. The van der Waals surface area contributed by atoms with Crippen LogP contribution in [0.15, 0.2) is 112 Å². The summed E-state index contributed by atoms with van der Waals surface area (Å²) in [6, 6.07) is 34.9. The summed E-state index contributed by atoms with van der Waals surface area (Å²) in [5.41, 5.74) is 7.26. The molecular weight excluding hydrogens is 444 g/mol. The Bertz CT molecular complexity index is 1640. The van der Waals surface area contributed by atoms with Gasteiger partial charge in [0, 0.05) is 29.8 Å². The monoisotopic (exact) mass is 470 g/mol. The normalized spacial score (nSPS) is 20.2. The zero-order valence-electron chi connectivity index (χ0n) is 20.0. The molecule has 3 heterocycles. The molecule has 0 saturated heterocycles. The molecule has 2 aliphatic heterocycles. The van der Waals surface area contributed by atoms with Gasteiger partial charge in [-0.05, 0) is 48.4 Å². The van der Waals surface area contributed by atoms with Gasteiger partial charge in [-0.1, -0.05) is 78.4 Å². The quantitative estimate of drug-likeness (QED) is 0.297. The van der Waals surface area contributed by atoms with E-state index >= 15 is 0 Å². The van der Waals surface area contributed by atoms with E-state index in [1.807, 2.05) is 42.5 Å². The van der Waals surface area contributed by atoms with Crippen molar-refractivity contribution in [3.8, 4) is 0 Å². The number of hydrogen-bond donors (Lipinski definition) is 1. The third kappa shape index (κ3) is 3.18. The second kappa shape index (κ2) is 8.13. The second-order valence-electron chi connectivity index (χ2n) is 9.86. The first kappa shape index (κ1) is 21.0. The van der Waals surface area contributed by atoms with Crippen LogP contribution in [0.1, 0.15) is 34.2 Å².